The zero-order chi connectivity index (χ0) is 13.0. The second-order valence-electron chi connectivity index (χ2n) is 5.54. The Hall–Kier alpha value is -0.670. The molecule has 1 saturated carbocycles. The maximum absolute atomic E-state index is 12.1. The van der Waals surface area contributed by atoms with Gasteiger partial charge >= 0.3 is 0 Å². The average molecular weight is 265 g/mol. The summed E-state index contributed by atoms with van der Waals surface area (Å²) in [5, 5.41) is 0. The molecule has 0 spiro atoms. The molecule has 18 heavy (non-hydrogen) atoms. The summed E-state index contributed by atoms with van der Waals surface area (Å²) in [6.45, 7) is 2.15. The zero-order valence-electron chi connectivity index (χ0n) is 11.2. The van der Waals surface area contributed by atoms with Crippen LogP contribution >= 0.6 is 11.3 Å². The second kappa shape index (κ2) is 5.98. The highest BCUT2D eigenvalue weighted by molar-refractivity contribution is 7.12. The van der Waals surface area contributed by atoms with Gasteiger partial charge in [0.15, 0.2) is 0 Å². The molecule has 0 aromatic carbocycles. The summed E-state index contributed by atoms with van der Waals surface area (Å²) < 4.78 is 0. The predicted molar refractivity (Wildman–Crippen MR) is 77.0 cm³/mol. The first kappa shape index (κ1) is 13.8. The number of Topliss-reactive ketones (excluding diaryl/α,β-unsaturated/α-hetero) is 1. The van der Waals surface area contributed by atoms with E-state index in [1.54, 1.807) is 11.3 Å². The van der Waals surface area contributed by atoms with Crippen LogP contribution in [0.2, 0.25) is 0 Å². The fraction of sp³-hybridized carbons (Fsp3) is 0.667. The Morgan fingerprint density at radius 3 is 2.56 bits per heavy atom. The average Bonchev–Trinajstić information content (AvgIpc) is 2.76. The molecule has 3 heteroatoms. The highest BCUT2D eigenvalue weighted by Gasteiger charge is 2.29. The number of nitrogens with two attached hydrogens (primary N) is 1. The fourth-order valence-corrected chi connectivity index (χ4v) is 3.78. The van der Waals surface area contributed by atoms with Crippen molar-refractivity contribution in [3.63, 3.8) is 0 Å². The van der Waals surface area contributed by atoms with Gasteiger partial charge in [-0.2, -0.15) is 0 Å². The van der Waals surface area contributed by atoms with Crippen LogP contribution in [0.25, 0.3) is 0 Å². The molecule has 1 fully saturated rings. The SMILES string of the molecule is CCc1ccc(CC(=O)CC2(N)CCCCC2)s1. The van der Waals surface area contributed by atoms with Crippen molar-refractivity contribution in [2.45, 2.75) is 63.8 Å². The minimum Gasteiger partial charge on any atom is -0.325 e. The van der Waals surface area contributed by atoms with Gasteiger partial charge in [0, 0.05) is 28.1 Å². The molecule has 100 valence electrons. The molecule has 0 bridgehead atoms. The third-order valence-electron chi connectivity index (χ3n) is 3.84. The predicted octanol–water partition coefficient (Wildman–Crippen LogP) is 3.47. The first-order chi connectivity index (χ1) is 8.61. The van der Waals surface area contributed by atoms with Gasteiger partial charge in [-0.3, -0.25) is 4.79 Å². The number of thiophene rings is 1. The van der Waals surface area contributed by atoms with Crippen LogP contribution in [-0.2, 0) is 17.6 Å². The third kappa shape index (κ3) is 3.66. The molecule has 1 aromatic rings. The monoisotopic (exact) mass is 265 g/mol. The number of rotatable bonds is 5. The molecule has 0 unspecified atom stereocenters. The van der Waals surface area contributed by atoms with E-state index in [2.05, 4.69) is 19.1 Å². The number of hydrogen-bond donors (Lipinski definition) is 1. The zero-order valence-corrected chi connectivity index (χ0v) is 12.0. The van der Waals surface area contributed by atoms with Gasteiger partial charge in [-0.05, 0) is 31.4 Å². The lowest BCUT2D eigenvalue weighted by atomic mass is 9.79. The lowest BCUT2D eigenvalue weighted by Gasteiger charge is -2.32. The van der Waals surface area contributed by atoms with Crippen LogP contribution in [-0.4, -0.2) is 11.3 Å². The van der Waals surface area contributed by atoms with Gasteiger partial charge in [-0.15, -0.1) is 11.3 Å². The lowest BCUT2D eigenvalue weighted by Crippen LogP contribution is -2.43. The summed E-state index contributed by atoms with van der Waals surface area (Å²) >= 11 is 1.76. The van der Waals surface area contributed by atoms with Gasteiger partial charge in [-0.1, -0.05) is 26.2 Å². The van der Waals surface area contributed by atoms with E-state index in [0.717, 1.165) is 19.3 Å². The summed E-state index contributed by atoms with van der Waals surface area (Å²) in [5.41, 5.74) is 6.12. The molecule has 1 aliphatic rings. The fourth-order valence-electron chi connectivity index (χ4n) is 2.79. The second-order valence-corrected chi connectivity index (χ2v) is 6.79. The van der Waals surface area contributed by atoms with Crippen molar-refractivity contribution in [1.29, 1.82) is 0 Å². The highest BCUT2D eigenvalue weighted by Crippen LogP contribution is 2.29. The van der Waals surface area contributed by atoms with Gasteiger partial charge in [0.05, 0.1) is 0 Å². The van der Waals surface area contributed by atoms with Crippen molar-refractivity contribution >= 4 is 17.1 Å². The van der Waals surface area contributed by atoms with Gasteiger partial charge in [0.25, 0.3) is 0 Å². The topological polar surface area (TPSA) is 43.1 Å². The smallest absolute Gasteiger partial charge is 0.139 e. The Morgan fingerprint density at radius 1 is 1.28 bits per heavy atom. The van der Waals surface area contributed by atoms with E-state index >= 15 is 0 Å². The Balaban J connectivity index is 1.87. The van der Waals surface area contributed by atoms with Crippen LogP contribution < -0.4 is 5.73 Å². The molecule has 2 N–H and O–H groups in total. The van der Waals surface area contributed by atoms with Crippen LogP contribution in [0.15, 0.2) is 12.1 Å². The van der Waals surface area contributed by atoms with Crippen molar-refractivity contribution in [2.75, 3.05) is 0 Å². The van der Waals surface area contributed by atoms with E-state index in [4.69, 9.17) is 5.73 Å². The molecule has 1 aliphatic carbocycles. The van der Waals surface area contributed by atoms with Crippen molar-refractivity contribution < 1.29 is 4.79 Å². The molecule has 0 atom stereocenters. The van der Waals surface area contributed by atoms with Crippen LogP contribution in [0.3, 0.4) is 0 Å². The van der Waals surface area contributed by atoms with E-state index < -0.39 is 0 Å². The van der Waals surface area contributed by atoms with Gasteiger partial charge in [0.2, 0.25) is 0 Å². The Morgan fingerprint density at radius 2 is 1.94 bits per heavy atom. The Kier molecular flexibility index (Phi) is 4.57. The van der Waals surface area contributed by atoms with Crippen LogP contribution in [0.4, 0.5) is 0 Å². The van der Waals surface area contributed by atoms with E-state index in [-0.39, 0.29) is 5.54 Å². The number of aryl methyl sites for hydroxylation is 1. The van der Waals surface area contributed by atoms with Crippen LogP contribution in [0.5, 0.6) is 0 Å². The van der Waals surface area contributed by atoms with Gasteiger partial charge in [-0.25, -0.2) is 0 Å². The summed E-state index contributed by atoms with van der Waals surface area (Å²) in [4.78, 5) is 14.7. The Bertz CT molecular complexity index is 404. The van der Waals surface area contributed by atoms with E-state index in [9.17, 15) is 4.79 Å². The maximum atomic E-state index is 12.1. The van der Waals surface area contributed by atoms with Crippen molar-refractivity contribution in [3.05, 3.63) is 21.9 Å². The van der Waals surface area contributed by atoms with Crippen molar-refractivity contribution in [3.8, 4) is 0 Å². The molecule has 0 saturated heterocycles. The molecule has 0 aliphatic heterocycles. The third-order valence-corrected chi connectivity index (χ3v) is 5.07. The molecule has 1 heterocycles. The molecule has 2 rings (SSSR count). The summed E-state index contributed by atoms with van der Waals surface area (Å²) in [5.74, 6) is 0.309. The van der Waals surface area contributed by atoms with E-state index in [0.29, 0.717) is 18.6 Å². The molecule has 2 nitrogen and oxygen atoms in total. The van der Waals surface area contributed by atoms with Crippen LogP contribution in [0, 0.1) is 0 Å². The molecular formula is C15H23NOS. The van der Waals surface area contributed by atoms with Crippen molar-refractivity contribution in [1.82, 2.24) is 0 Å². The maximum Gasteiger partial charge on any atom is 0.139 e. The number of ketones is 1. The molecular weight excluding hydrogens is 242 g/mol. The molecule has 0 amide bonds. The summed E-state index contributed by atoms with van der Waals surface area (Å²) in [6.07, 6.45) is 7.87. The quantitative estimate of drug-likeness (QED) is 0.885. The molecule has 0 radical (unpaired) electrons. The standard InChI is InChI=1S/C15H23NOS/c1-2-13-6-7-14(18-13)10-12(17)11-15(16)8-4-3-5-9-15/h6-7H,2-5,8-11,16H2,1H3. The van der Waals surface area contributed by atoms with Crippen LogP contribution in [0.1, 0.15) is 55.2 Å². The lowest BCUT2D eigenvalue weighted by molar-refractivity contribution is -0.119. The highest BCUT2D eigenvalue weighted by atomic mass is 32.1. The minimum absolute atomic E-state index is 0.208. The summed E-state index contributed by atoms with van der Waals surface area (Å²) in [6, 6.07) is 4.22. The van der Waals surface area contributed by atoms with E-state index in [1.807, 2.05) is 0 Å². The van der Waals surface area contributed by atoms with E-state index in [1.165, 1.54) is 29.0 Å². The number of hydrogen-bond acceptors (Lipinski definition) is 3. The molecule has 1 aromatic heterocycles. The number of carbonyl (C=O) groups is 1. The minimum atomic E-state index is -0.208. The first-order valence-electron chi connectivity index (χ1n) is 6.99. The van der Waals surface area contributed by atoms with Crippen molar-refractivity contribution in [2.24, 2.45) is 5.73 Å². The van der Waals surface area contributed by atoms with Gasteiger partial charge in [0.1, 0.15) is 5.78 Å². The van der Waals surface area contributed by atoms with Gasteiger partial charge < -0.3 is 5.73 Å². The number of carbonyl (C=O) groups excluding carboxylic acids is 1. The Labute approximate surface area is 114 Å². The summed E-state index contributed by atoms with van der Waals surface area (Å²) in [7, 11) is 0. The first-order valence-corrected chi connectivity index (χ1v) is 7.81. The largest absolute Gasteiger partial charge is 0.325 e. The normalized spacial score (nSPS) is 18.8.